The van der Waals surface area contributed by atoms with Crippen LogP contribution in [-0.2, 0) is 0 Å². The molecule has 0 aliphatic rings. The van der Waals surface area contributed by atoms with E-state index in [1.807, 2.05) is 6.20 Å². The number of aromatic amines is 1. The summed E-state index contributed by atoms with van der Waals surface area (Å²) < 4.78 is 11.3. The second kappa shape index (κ2) is 7.82. The van der Waals surface area contributed by atoms with Gasteiger partial charge in [-0.15, -0.1) is 0 Å². The van der Waals surface area contributed by atoms with Crippen LogP contribution in [0.4, 0.5) is 0 Å². The van der Waals surface area contributed by atoms with Crippen LogP contribution < -0.4 is 9.47 Å². The van der Waals surface area contributed by atoms with Crippen LogP contribution in [0.15, 0.2) is 49.3 Å². The molecular weight excluding hydrogens is 382 g/mol. The van der Waals surface area contributed by atoms with E-state index >= 15 is 0 Å². The molecule has 0 aromatic carbocycles. The summed E-state index contributed by atoms with van der Waals surface area (Å²) in [4.78, 5) is 30.1. The molecule has 4 heterocycles. The van der Waals surface area contributed by atoms with Crippen molar-refractivity contribution in [1.82, 2.24) is 24.8 Å². The minimum atomic E-state index is -0.125. The molecule has 4 aromatic heterocycles. The van der Waals surface area contributed by atoms with E-state index in [0.717, 1.165) is 27.6 Å². The molecule has 0 aliphatic heterocycles. The number of aromatic nitrogens is 4. The van der Waals surface area contributed by atoms with E-state index in [1.54, 1.807) is 71.4 Å². The van der Waals surface area contributed by atoms with Gasteiger partial charge in [0.1, 0.15) is 17.1 Å². The van der Waals surface area contributed by atoms with Crippen LogP contribution in [0.3, 0.4) is 0 Å². The number of nitrogens with one attached hydrogen (secondary N) is 1. The third-order valence-corrected chi connectivity index (χ3v) is 4.85. The van der Waals surface area contributed by atoms with Crippen molar-refractivity contribution in [3.05, 3.63) is 54.9 Å². The van der Waals surface area contributed by atoms with Gasteiger partial charge in [-0.05, 0) is 12.1 Å². The lowest BCUT2D eigenvalue weighted by Gasteiger charge is -2.14. The second-order valence-electron chi connectivity index (χ2n) is 6.87. The number of hydrogen-bond donors (Lipinski definition) is 1. The summed E-state index contributed by atoms with van der Waals surface area (Å²) in [7, 11) is 6.64. The summed E-state index contributed by atoms with van der Waals surface area (Å²) >= 11 is 0. The number of pyridine rings is 3. The first-order valence-electron chi connectivity index (χ1n) is 9.24. The molecule has 0 saturated carbocycles. The van der Waals surface area contributed by atoms with Crippen LogP contribution in [0, 0.1) is 0 Å². The molecule has 4 aromatic rings. The van der Waals surface area contributed by atoms with Gasteiger partial charge in [0.25, 0.3) is 5.91 Å². The molecule has 0 fully saturated rings. The van der Waals surface area contributed by atoms with Gasteiger partial charge in [0.15, 0.2) is 0 Å². The highest BCUT2D eigenvalue weighted by Gasteiger charge is 2.20. The predicted octanol–water partition coefficient (Wildman–Crippen LogP) is 3.41. The minimum absolute atomic E-state index is 0.125. The second-order valence-corrected chi connectivity index (χ2v) is 6.87. The molecule has 1 amide bonds. The molecule has 152 valence electrons. The standard InChI is InChI=1S/C22H21N5O3/c1-27(2)22(28)14-7-13(8-24-9-14)15-11-25-21-19(20(15)30-4)17(12-26-21)16-10-23-6-5-18(16)29-3/h5-12H,1-4H3,(H,25,26). The van der Waals surface area contributed by atoms with Crippen LogP contribution in [0.25, 0.3) is 33.3 Å². The fourth-order valence-electron chi connectivity index (χ4n) is 3.42. The number of amides is 1. The average molecular weight is 403 g/mol. The van der Waals surface area contributed by atoms with Gasteiger partial charge < -0.3 is 19.4 Å². The highest BCUT2D eigenvalue weighted by molar-refractivity contribution is 6.03. The van der Waals surface area contributed by atoms with Gasteiger partial charge in [0, 0.05) is 73.5 Å². The van der Waals surface area contributed by atoms with Crippen molar-refractivity contribution in [2.24, 2.45) is 0 Å². The van der Waals surface area contributed by atoms with Gasteiger partial charge in [-0.25, -0.2) is 4.98 Å². The monoisotopic (exact) mass is 403 g/mol. The molecule has 0 unspecified atom stereocenters. The molecule has 0 saturated heterocycles. The first kappa shape index (κ1) is 19.4. The van der Waals surface area contributed by atoms with E-state index in [2.05, 4.69) is 19.9 Å². The summed E-state index contributed by atoms with van der Waals surface area (Å²) in [5.41, 5.74) is 4.30. The minimum Gasteiger partial charge on any atom is -0.496 e. The number of ether oxygens (including phenoxy) is 2. The molecule has 4 rings (SSSR count). The van der Waals surface area contributed by atoms with Crippen molar-refractivity contribution in [2.75, 3.05) is 28.3 Å². The molecule has 0 spiro atoms. The fourth-order valence-corrected chi connectivity index (χ4v) is 3.42. The van der Waals surface area contributed by atoms with E-state index in [-0.39, 0.29) is 5.91 Å². The quantitative estimate of drug-likeness (QED) is 0.549. The predicted molar refractivity (Wildman–Crippen MR) is 114 cm³/mol. The number of hydrogen-bond acceptors (Lipinski definition) is 6. The zero-order valence-electron chi connectivity index (χ0n) is 17.1. The Labute approximate surface area is 173 Å². The van der Waals surface area contributed by atoms with E-state index in [0.29, 0.717) is 22.7 Å². The van der Waals surface area contributed by atoms with E-state index in [9.17, 15) is 4.79 Å². The Balaban J connectivity index is 1.94. The van der Waals surface area contributed by atoms with E-state index < -0.39 is 0 Å². The average Bonchev–Trinajstić information content (AvgIpc) is 3.22. The smallest absolute Gasteiger partial charge is 0.254 e. The molecule has 0 radical (unpaired) electrons. The Bertz CT molecular complexity index is 1230. The summed E-state index contributed by atoms with van der Waals surface area (Å²) in [5.74, 6) is 1.19. The normalized spacial score (nSPS) is 10.8. The maximum absolute atomic E-state index is 12.4. The van der Waals surface area contributed by atoms with Crippen molar-refractivity contribution < 1.29 is 14.3 Å². The summed E-state index contributed by atoms with van der Waals surface area (Å²) in [6, 6.07) is 3.59. The lowest BCUT2D eigenvalue weighted by Crippen LogP contribution is -2.21. The van der Waals surface area contributed by atoms with Crippen molar-refractivity contribution in [1.29, 1.82) is 0 Å². The molecule has 8 heteroatoms. The molecule has 0 atom stereocenters. The highest BCUT2D eigenvalue weighted by atomic mass is 16.5. The van der Waals surface area contributed by atoms with Crippen LogP contribution in [0.5, 0.6) is 11.5 Å². The topological polar surface area (TPSA) is 93.2 Å². The first-order chi connectivity index (χ1) is 14.5. The molecule has 0 aliphatic carbocycles. The van der Waals surface area contributed by atoms with Gasteiger partial charge in [-0.2, -0.15) is 0 Å². The molecule has 8 nitrogen and oxygen atoms in total. The number of carbonyl (C=O) groups excluding carboxylic acids is 1. The molecule has 1 N–H and O–H groups in total. The SMILES string of the molecule is COc1ccncc1-c1c[nH]c2ncc(-c3cncc(C(=O)N(C)C)c3)c(OC)c12. The fraction of sp³-hybridized carbons (Fsp3) is 0.182. The van der Waals surface area contributed by atoms with Gasteiger partial charge in [-0.3, -0.25) is 14.8 Å². The Morgan fingerprint density at radius 3 is 2.57 bits per heavy atom. The summed E-state index contributed by atoms with van der Waals surface area (Å²) in [5, 5.41) is 0.797. The van der Waals surface area contributed by atoms with Crippen molar-refractivity contribution >= 4 is 16.9 Å². The van der Waals surface area contributed by atoms with E-state index in [1.165, 1.54) is 4.90 Å². The maximum Gasteiger partial charge on any atom is 0.254 e. The van der Waals surface area contributed by atoms with Gasteiger partial charge in [0.05, 0.1) is 25.2 Å². The number of rotatable bonds is 5. The number of fused-ring (bicyclic) bond motifs is 1. The number of H-pyrrole nitrogens is 1. The number of carbonyl (C=O) groups is 1. The Kier molecular flexibility index (Phi) is 5.05. The van der Waals surface area contributed by atoms with Crippen LogP contribution in [0.2, 0.25) is 0 Å². The third-order valence-electron chi connectivity index (χ3n) is 4.85. The Hall–Kier alpha value is -3.94. The van der Waals surface area contributed by atoms with Crippen LogP contribution in [0.1, 0.15) is 10.4 Å². The van der Waals surface area contributed by atoms with Crippen LogP contribution >= 0.6 is 0 Å². The van der Waals surface area contributed by atoms with Gasteiger partial charge in [-0.1, -0.05) is 0 Å². The zero-order valence-corrected chi connectivity index (χ0v) is 17.1. The summed E-state index contributed by atoms with van der Waals surface area (Å²) in [6.45, 7) is 0. The zero-order chi connectivity index (χ0) is 21.3. The molecule has 0 bridgehead atoms. The third kappa shape index (κ3) is 3.22. The van der Waals surface area contributed by atoms with E-state index in [4.69, 9.17) is 9.47 Å². The lowest BCUT2D eigenvalue weighted by atomic mass is 10.0. The molecular formula is C22H21N5O3. The Morgan fingerprint density at radius 2 is 1.83 bits per heavy atom. The summed E-state index contributed by atoms with van der Waals surface area (Å²) in [6.07, 6.45) is 10.2. The van der Waals surface area contributed by atoms with Gasteiger partial charge >= 0.3 is 0 Å². The Morgan fingerprint density at radius 1 is 1.00 bits per heavy atom. The van der Waals surface area contributed by atoms with Gasteiger partial charge in [0.2, 0.25) is 0 Å². The van der Waals surface area contributed by atoms with Crippen molar-refractivity contribution in [2.45, 2.75) is 0 Å². The number of nitrogens with zero attached hydrogens (tertiary/aromatic N) is 4. The van der Waals surface area contributed by atoms with Crippen molar-refractivity contribution in [3.63, 3.8) is 0 Å². The van der Waals surface area contributed by atoms with Crippen LogP contribution in [-0.4, -0.2) is 59.1 Å². The van der Waals surface area contributed by atoms with Crippen molar-refractivity contribution in [3.8, 4) is 33.8 Å². The highest BCUT2D eigenvalue weighted by Crippen LogP contribution is 2.42. The number of methoxy groups -OCH3 is 2. The first-order valence-corrected chi connectivity index (χ1v) is 9.24. The largest absolute Gasteiger partial charge is 0.496 e. The molecule has 30 heavy (non-hydrogen) atoms. The maximum atomic E-state index is 12.4. The lowest BCUT2D eigenvalue weighted by molar-refractivity contribution is 0.0827.